The molecule has 0 aliphatic rings. The van der Waals surface area contributed by atoms with Crippen LogP contribution in [0.15, 0.2) is 18.2 Å². The Morgan fingerprint density at radius 1 is 1.31 bits per heavy atom. The molecule has 0 N–H and O–H groups in total. The summed E-state index contributed by atoms with van der Waals surface area (Å²) in [5.41, 5.74) is 0.385. The minimum absolute atomic E-state index is 0.316. The van der Waals surface area contributed by atoms with E-state index in [1.165, 1.54) is 0 Å². The van der Waals surface area contributed by atoms with Gasteiger partial charge in [0.25, 0.3) is 0 Å². The third-order valence-electron chi connectivity index (χ3n) is 1.67. The number of aryl methyl sites for hydroxylation is 1. The molecule has 0 atom stereocenters. The zero-order valence-electron chi connectivity index (χ0n) is 9.83. The van der Waals surface area contributed by atoms with Gasteiger partial charge in [0, 0.05) is 0 Å². The number of benzene rings is 1. The molecule has 16 heavy (non-hydrogen) atoms. The first-order valence-electron chi connectivity index (χ1n) is 4.95. The maximum absolute atomic E-state index is 11.4. The molecule has 1 rings (SSSR count). The molecule has 0 saturated heterocycles. The van der Waals surface area contributed by atoms with Gasteiger partial charge in [0.05, 0.1) is 5.02 Å². The van der Waals surface area contributed by atoms with Gasteiger partial charge in [-0.15, -0.1) is 0 Å². The summed E-state index contributed by atoms with van der Waals surface area (Å²) in [6.45, 7) is 7.20. The minimum atomic E-state index is -0.750. The highest BCUT2D eigenvalue weighted by Crippen LogP contribution is 2.26. The van der Waals surface area contributed by atoms with Gasteiger partial charge in [0.2, 0.25) is 0 Å². The average Bonchev–Trinajstić information content (AvgIpc) is 2.08. The van der Waals surface area contributed by atoms with Gasteiger partial charge < -0.3 is 9.47 Å². The molecule has 0 fully saturated rings. The van der Waals surface area contributed by atoms with Gasteiger partial charge in [-0.25, -0.2) is 4.79 Å². The Labute approximate surface area is 100 Å². The van der Waals surface area contributed by atoms with E-state index in [-0.39, 0.29) is 0 Å². The van der Waals surface area contributed by atoms with Gasteiger partial charge in [0.1, 0.15) is 5.60 Å². The van der Waals surface area contributed by atoms with Crippen LogP contribution in [0.5, 0.6) is 5.75 Å². The molecule has 0 radical (unpaired) electrons. The first-order valence-corrected chi connectivity index (χ1v) is 5.33. The van der Waals surface area contributed by atoms with Crippen molar-refractivity contribution in [3.63, 3.8) is 0 Å². The monoisotopic (exact) mass is 242 g/mol. The molecule has 0 aromatic heterocycles. The van der Waals surface area contributed by atoms with Gasteiger partial charge in [0.15, 0.2) is 5.75 Å². The lowest BCUT2D eigenvalue weighted by Crippen LogP contribution is -2.26. The summed E-state index contributed by atoms with van der Waals surface area (Å²) in [6, 6.07) is 5.20. The maximum Gasteiger partial charge on any atom is 0.514 e. The molecule has 0 spiro atoms. The second-order valence-electron chi connectivity index (χ2n) is 4.50. The van der Waals surface area contributed by atoms with Crippen LogP contribution in [0.2, 0.25) is 5.02 Å². The van der Waals surface area contributed by atoms with E-state index in [0.717, 1.165) is 5.56 Å². The number of hydrogen-bond acceptors (Lipinski definition) is 3. The second kappa shape index (κ2) is 4.74. The Hall–Kier alpha value is -1.22. The summed E-state index contributed by atoms with van der Waals surface area (Å²) in [6.07, 6.45) is -0.750. The molecule has 0 amide bonds. The fraction of sp³-hybridized carbons (Fsp3) is 0.417. The average molecular weight is 243 g/mol. The van der Waals surface area contributed by atoms with E-state index in [0.29, 0.717) is 10.8 Å². The number of ether oxygens (including phenoxy) is 2. The number of halogens is 1. The van der Waals surface area contributed by atoms with Gasteiger partial charge in [-0.1, -0.05) is 17.7 Å². The summed E-state index contributed by atoms with van der Waals surface area (Å²) in [5.74, 6) is 0.316. The number of rotatable bonds is 1. The highest BCUT2D eigenvalue weighted by molar-refractivity contribution is 6.32. The quantitative estimate of drug-likeness (QED) is 0.552. The van der Waals surface area contributed by atoms with Crippen molar-refractivity contribution in [1.29, 1.82) is 0 Å². The summed E-state index contributed by atoms with van der Waals surface area (Å²) in [7, 11) is 0. The van der Waals surface area contributed by atoms with Crippen molar-refractivity contribution in [3.8, 4) is 5.75 Å². The van der Waals surface area contributed by atoms with E-state index in [1.807, 2.05) is 13.0 Å². The van der Waals surface area contributed by atoms with Crippen LogP contribution in [0, 0.1) is 6.92 Å². The molecule has 1 aromatic carbocycles. The van der Waals surface area contributed by atoms with Crippen LogP contribution >= 0.6 is 11.6 Å². The Morgan fingerprint density at radius 3 is 2.50 bits per heavy atom. The van der Waals surface area contributed by atoms with Gasteiger partial charge in [-0.3, -0.25) is 0 Å². The maximum atomic E-state index is 11.4. The number of carbonyl (C=O) groups excluding carboxylic acids is 1. The summed E-state index contributed by atoms with van der Waals surface area (Å²) >= 11 is 5.88. The Kier molecular flexibility index (Phi) is 3.81. The zero-order chi connectivity index (χ0) is 12.3. The van der Waals surface area contributed by atoms with Crippen LogP contribution < -0.4 is 4.74 Å². The third kappa shape index (κ3) is 4.11. The Morgan fingerprint density at radius 2 is 1.94 bits per heavy atom. The van der Waals surface area contributed by atoms with Crippen LogP contribution in [0.4, 0.5) is 4.79 Å². The van der Waals surface area contributed by atoms with Crippen LogP contribution in [0.3, 0.4) is 0 Å². The smallest absolute Gasteiger partial charge is 0.428 e. The van der Waals surface area contributed by atoms with Crippen LogP contribution in [0.25, 0.3) is 0 Å². The first kappa shape index (κ1) is 12.8. The summed E-state index contributed by atoms with van der Waals surface area (Å²) in [4.78, 5) is 11.4. The van der Waals surface area contributed by atoms with Crippen LogP contribution in [0.1, 0.15) is 26.3 Å². The topological polar surface area (TPSA) is 35.5 Å². The molecular formula is C12H15ClO3. The van der Waals surface area contributed by atoms with Crippen molar-refractivity contribution in [3.05, 3.63) is 28.8 Å². The predicted molar refractivity (Wildman–Crippen MR) is 63.1 cm³/mol. The lowest BCUT2D eigenvalue weighted by atomic mass is 10.2. The highest BCUT2D eigenvalue weighted by atomic mass is 35.5. The fourth-order valence-corrected chi connectivity index (χ4v) is 1.21. The lowest BCUT2D eigenvalue weighted by molar-refractivity contribution is 0.0206. The second-order valence-corrected chi connectivity index (χ2v) is 4.91. The highest BCUT2D eigenvalue weighted by Gasteiger charge is 2.18. The predicted octanol–water partition coefficient (Wildman–Crippen LogP) is 3.96. The molecule has 0 heterocycles. The van der Waals surface area contributed by atoms with Gasteiger partial charge in [-0.2, -0.15) is 0 Å². The van der Waals surface area contributed by atoms with Crippen molar-refractivity contribution in [1.82, 2.24) is 0 Å². The fourth-order valence-electron chi connectivity index (χ4n) is 1.05. The van der Waals surface area contributed by atoms with Crippen molar-refractivity contribution >= 4 is 17.8 Å². The van der Waals surface area contributed by atoms with E-state index in [4.69, 9.17) is 21.1 Å². The normalized spacial score (nSPS) is 11.1. The molecule has 4 heteroatoms. The molecule has 0 saturated carbocycles. The van der Waals surface area contributed by atoms with Crippen molar-refractivity contribution < 1.29 is 14.3 Å². The SMILES string of the molecule is Cc1ccc(Cl)c(OC(=O)OC(C)(C)C)c1. The largest absolute Gasteiger partial charge is 0.514 e. The van der Waals surface area contributed by atoms with E-state index < -0.39 is 11.8 Å². The van der Waals surface area contributed by atoms with Crippen LogP contribution in [-0.2, 0) is 4.74 Å². The minimum Gasteiger partial charge on any atom is -0.428 e. The lowest BCUT2D eigenvalue weighted by Gasteiger charge is -2.18. The molecule has 1 aromatic rings. The molecular weight excluding hydrogens is 228 g/mol. The number of carbonyl (C=O) groups is 1. The third-order valence-corrected chi connectivity index (χ3v) is 1.98. The van der Waals surface area contributed by atoms with Crippen molar-refractivity contribution in [2.24, 2.45) is 0 Å². The molecule has 88 valence electrons. The molecule has 0 aliphatic carbocycles. The number of hydrogen-bond donors (Lipinski definition) is 0. The molecule has 0 bridgehead atoms. The Balaban J connectivity index is 2.73. The van der Waals surface area contributed by atoms with E-state index in [9.17, 15) is 4.79 Å². The summed E-state index contributed by atoms with van der Waals surface area (Å²) < 4.78 is 10.0. The zero-order valence-corrected chi connectivity index (χ0v) is 10.6. The van der Waals surface area contributed by atoms with Crippen molar-refractivity contribution in [2.45, 2.75) is 33.3 Å². The van der Waals surface area contributed by atoms with Gasteiger partial charge >= 0.3 is 6.16 Å². The van der Waals surface area contributed by atoms with E-state index in [2.05, 4.69) is 0 Å². The molecule has 0 unspecified atom stereocenters. The Bertz CT molecular complexity index is 394. The standard InChI is InChI=1S/C12H15ClO3/c1-8-5-6-9(13)10(7-8)15-11(14)16-12(2,3)4/h5-7H,1-4H3. The summed E-state index contributed by atoms with van der Waals surface area (Å²) in [5, 5.41) is 0.386. The van der Waals surface area contributed by atoms with E-state index >= 15 is 0 Å². The van der Waals surface area contributed by atoms with Crippen molar-refractivity contribution in [2.75, 3.05) is 0 Å². The molecule has 3 nitrogen and oxygen atoms in total. The van der Waals surface area contributed by atoms with Crippen LogP contribution in [-0.4, -0.2) is 11.8 Å². The van der Waals surface area contributed by atoms with Gasteiger partial charge in [-0.05, 0) is 45.4 Å². The first-order chi connectivity index (χ1) is 7.28. The molecule has 0 aliphatic heterocycles. The van der Waals surface area contributed by atoms with E-state index in [1.54, 1.807) is 32.9 Å².